The van der Waals surface area contributed by atoms with Gasteiger partial charge in [-0.1, -0.05) is 142 Å². The first-order chi connectivity index (χ1) is 20.0. The van der Waals surface area contributed by atoms with Crippen LogP contribution in [0.1, 0.15) is 202 Å². The van der Waals surface area contributed by atoms with E-state index in [0.29, 0.717) is 19.4 Å². The number of unbranched alkanes of at least 4 members (excludes halogenated alkanes) is 21. The number of rotatable bonds is 29. The maximum Gasteiger partial charge on any atom is 0.306 e. The topological polar surface area (TPSA) is 52.6 Å². The highest BCUT2D eigenvalue weighted by atomic mass is 16.5. The molecule has 0 bridgehead atoms. The van der Waals surface area contributed by atoms with E-state index >= 15 is 0 Å². The number of ether oxygens (including phenoxy) is 2. The van der Waals surface area contributed by atoms with Gasteiger partial charge >= 0.3 is 11.9 Å². The molecular weight excluding hydrogens is 508 g/mol. The zero-order chi connectivity index (χ0) is 30.7. The number of esters is 2. The summed E-state index contributed by atoms with van der Waals surface area (Å²) in [5.74, 6) is -0.0777. The van der Waals surface area contributed by atoms with Crippen molar-refractivity contribution in [3.8, 4) is 0 Å². The standard InChI is InChI=1S/C20H38O2.C17H34O2/c1-3-5-6-7-8-9-10-11-12-13-14-15-16-17-18-19-20(21)22-4-2;1-4-5-6-7-8-9-10-11-12-13-14-15-17(18)19-16(2)3/h11-12H,3-10,13-19H2,1-2H3;16H,4-15H2,1-3H3/b12-11-;. The molecule has 0 fully saturated rings. The lowest BCUT2D eigenvalue weighted by molar-refractivity contribution is -0.147. The van der Waals surface area contributed by atoms with Crippen molar-refractivity contribution in [2.75, 3.05) is 6.61 Å². The molecule has 244 valence electrons. The van der Waals surface area contributed by atoms with Crippen molar-refractivity contribution in [3.05, 3.63) is 12.2 Å². The molecule has 0 radical (unpaired) electrons. The number of hydrogen-bond donors (Lipinski definition) is 0. The van der Waals surface area contributed by atoms with E-state index in [0.717, 1.165) is 19.3 Å². The van der Waals surface area contributed by atoms with Crippen molar-refractivity contribution in [3.63, 3.8) is 0 Å². The maximum absolute atomic E-state index is 11.3. The summed E-state index contributed by atoms with van der Waals surface area (Å²) in [7, 11) is 0. The summed E-state index contributed by atoms with van der Waals surface area (Å²) in [6.07, 6.45) is 37.1. The Balaban J connectivity index is 0. The second kappa shape index (κ2) is 36.7. The Morgan fingerprint density at radius 3 is 1.20 bits per heavy atom. The molecule has 0 N–H and O–H groups in total. The molecule has 0 aromatic heterocycles. The van der Waals surface area contributed by atoms with E-state index in [4.69, 9.17) is 9.47 Å². The Hall–Kier alpha value is -1.32. The van der Waals surface area contributed by atoms with Crippen LogP contribution in [-0.2, 0) is 19.1 Å². The van der Waals surface area contributed by atoms with Crippen molar-refractivity contribution in [2.24, 2.45) is 0 Å². The molecule has 0 aliphatic rings. The van der Waals surface area contributed by atoms with Crippen LogP contribution in [0.5, 0.6) is 0 Å². The summed E-state index contributed by atoms with van der Waals surface area (Å²) in [5, 5.41) is 0. The van der Waals surface area contributed by atoms with E-state index in [1.807, 2.05) is 20.8 Å². The molecule has 0 atom stereocenters. The molecule has 0 spiro atoms. The Labute approximate surface area is 257 Å². The molecule has 0 aromatic carbocycles. The van der Waals surface area contributed by atoms with Crippen LogP contribution in [0, 0.1) is 0 Å². The van der Waals surface area contributed by atoms with Crippen LogP contribution < -0.4 is 0 Å². The van der Waals surface area contributed by atoms with E-state index < -0.39 is 0 Å². The van der Waals surface area contributed by atoms with Crippen molar-refractivity contribution in [1.82, 2.24) is 0 Å². The molecule has 0 aliphatic heterocycles. The fourth-order valence-corrected chi connectivity index (χ4v) is 4.83. The third-order valence-electron chi connectivity index (χ3n) is 7.30. The van der Waals surface area contributed by atoms with Gasteiger partial charge in [-0.05, 0) is 59.3 Å². The minimum atomic E-state index is -0.0415. The largest absolute Gasteiger partial charge is 0.466 e. The Bertz CT molecular complexity index is 555. The minimum absolute atomic E-state index is 0.0280. The lowest BCUT2D eigenvalue weighted by atomic mass is 10.1. The predicted octanol–water partition coefficient (Wildman–Crippen LogP) is 12.2. The highest BCUT2D eigenvalue weighted by Gasteiger charge is 2.04. The molecule has 0 aromatic rings. The smallest absolute Gasteiger partial charge is 0.306 e. The third-order valence-corrected chi connectivity index (χ3v) is 7.30. The zero-order valence-electron chi connectivity index (χ0n) is 28.5. The average molecular weight is 581 g/mol. The quantitative estimate of drug-likeness (QED) is 0.0501. The maximum atomic E-state index is 11.3. The summed E-state index contributed by atoms with van der Waals surface area (Å²) in [5.41, 5.74) is 0. The second-order valence-electron chi connectivity index (χ2n) is 12.0. The monoisotopic (exact) mass is 581 g/mol. The van der Waals surface area contributed by atoms with Crippen LogP contribution in [-0.4, -0.2) is 24.6 Å². The van der Waals surface area contributed by atoms with Gasteiger partial charge in [0.25, 0.3) is 0 Å². The van der Waals surface area contributed by atoms with Crippen LogP contribution >= 0.6 is 0 Å². The molecule has 4 nitrogen and oxygen atoms in total. The van der Waals surface area contributed by atoms with Crippen LogP contribution in [0.4, 0.5) is 0 Å². The fraction of sp³-hybridized carbons (Fsp3) is 0.892. The normalized spacial score (nSPS) is 11.1. The minimum Gasteiger partial charge on any atom is -0.466 e. The van der Waals surface area contributed by atoms with Crippen molar-refractivity contribution in [1.29, 1.82) is 0 Å². The van der Waals surface area contributed by atoms with Gasteiger partial charge in [-0.15, -0.1) is 0 Å². The van der Waals surface area contributed by atoms with Gasteiger partial charge < -0.3 is 9.47 Å². The summed E-state index contributed by atoms with van der Waals surface area (Å²) < 4.78 is 10.0. The summed E-state index contributed by atoms with van der Waals surface area (Å²) in [4.78, 5) is 22.4. The molecule has 0 saturated heterocycles. The van der Waals surface area contributed by atoms with Crippen molar-refractivity contribution >= 4 is 11.9 Å². The van der Waals surface area contributed by atoms with Gasteiger partial charge in [0.2, 0.25) is 0 Å². The molecule has 0 saturated carbocycles. The van der Waals surface area contributed by atoms with Gasteiger partial charge in [0.15, 0.2) is 0 Å². The van der Waals surface area contributed by atoms with Crippen LogP contribution in [0.25, 0.3) is 0 Å². The molecule has 0 aliphatic carbocycles. The van der Waals surface area contributed by atoms with Crippen LogP contribution in [0.15, 0.2) is 12.2 Å². The second-order valence-corrected chi connectivity index (χ2v) is 12.0. The molecule has 0 heterocycles. The number of carbonyl (C=O) groups is 2. The number of carbonyl (C=O) groups excluding carboxylic acids is 2. The molecule has 0 amide bonds. The SMILES string of the molecule is CCCCCCCC/C=C\CCCCCCCC(=O)OCC.CCCCCCCCCCCCCC(=O)OC(C)C. The van der Waals surface area contributed by atoms with E-state index in [2.05, 4.69) is 26.0 Å². The highest BCUT2D eigenvalue weighted by molar-refractivity contribution is 5.69. The van der Waals surface area contributed by atoms with Gasteiger partial charge in [0.05, 0.1) is 12.7 Å². The summed E-state index contributed by atoms with van der Waals surface area (Å²) >= 11 is 0. The van der Waals surface area contributed by atoms with Crippen LogP contribution in [0.2, 0.25) is 0 Å². The van der Waals surface area contributed by atoms with Gasteiger partial charge in [-0.25, -0.2) is 0 Å². The Morgan fingerprint density at radius 2 is 0.829 bits per heavy atom. The molecule has 41 heavy (non-hydrogen) atoms. The molecular formula is C37H72O4. The Kier molecular flexibility index (Phi) is 37.4. The predicted molar refractivity (Wildman–Crippen MR) is 178 cm³/mol. The summed E-state index contributed by atoms with van der Waals surface area (Å²) in [6.45, 7) is 10.7. The number of hydrogen-bond acceptors (Lipinski definition) is 4. The van der Waals surface area contributed by atoms with E-state index in [1.54, 1.807) is 0 Å². The molecule has 4 heteroatoms. The average Bonchev–Trinajstić information content (AvgIpc) is 2.94. The van der Waals surface area contributed by atoms with E-state index in [-0.39, 0.29) is 18.0 Å². The van der Waals surface area contributed by atoms with Crippen molar-refractivity contribution < 1.29 is 19.1 Å². The molecule has 0 unspecified atom stereocenters. The Morgan fingerprint density at radius 1 is 0.488 bits per heavy atom. The lowest BCUT2D eigenvalue weighted by Crippen LogP contribution is -2.10. The van der Waals surface area contributed by atoms with Crippen LogP contribution in [0.3, 0.4) is 0 Å². The van der Waals surface area contributed by atoms with E-state index in [9.17, 15) is 9.59 Å². The third kappa shape index (κ3) is 40.9. The first kappa shape index (κ1) is 41.8. The number of allylic oxidation sites excluding steroid dienone is 2. The van der Waals surface area contributed by atoms with Crippen molar-refractivity contribution in [2.45, 2.75) is 208 Å². The lowest BCUT2D eigenvalue weighted by Gasteiger charge is -2.07. The zero-order valence-corrected chi connectivity index (χ0v) is 28.5. The first-order valence-corrected chi connectivity index (χ1v) is 18.0. The van der Waals surface area contributed by atoms with Gasteiger partial charge in [-0.3, -0.25) is 9.59 Å². The first-order valence-electron chi connectivity index (χ1n) is 18.0. The summed E-state index contributed by atoms with van der Waals surface area (Å²) in [6, 6.07) is 0. The van der Waals surface area contributed by atoms with Gasteiger partial charge in [0.1, 0.15) is 0 Å². The highest BCUT2D eigenvalue weighted by Crippen LogP contribution is 2.13. The van der Waals surface area contributed by atoms with Gasteiger partial charge in [0, 0.05) is 12.8 Å². The molecule has 0 rings (SSSR count). The van der Waals surface area contributed by atoms with Gasteiger partial charge in [-0.2, -0.15) is 0 Å². The fourth-order valence-electron chi connectivity index (χ4n) is 4.83. The van der Waals surface area contributed by atoms with E-state index in [1.165, 1.54) is 135 Å².